The first kappa shape index (κ1) is 29.3. The fourth-order valence-corrected chi connectivity index (χ4v) is 5.16. The van der Waals surface area contributed by atoms with E-state index in [2.05, 4.69) is 29.7 Å². The van der Waals surface area contributed by atoms with E-state index in [-0.39, 0.29) is 17.7 Å². The van der Waals surface area contributed by atoms with E-state index in [0.29, 0.717) is 29.4 Å². The maximum atomic E-state index is 12.4. The van der Waals surface area contributed by atoms with Crippen LogP contribution in [0.5, 0.6) is 0 Å². The van der Waals surface area contributed by atoms with Crippen LogP contribution in [0.2, 0.25) is 0 Å². The minimum atomic E-state index is -0.163. The summed E-state index contributed by atoms with van der Waals surface area (Å²) < 4.78 is 0. The number of allylic oxidation sites excluding steroid dienone is 2. The lowest BCUT2D eigenvalue weighted by molar-refractivity contribution is -0.121. The molecule has 0 aliphatic heterocycles. The molecule has 2 aromatic carbocycles. The molecular weight excluding hydrogens is 472 g/mol. The van der Waals surface area contributed by atoms with Gasteiger partial charge in [0, 0.05) is 35.7 Å². The lowest BCUT2D eigenvalue weighted by atomic mass is 9.89. The van der Waals surface area contributed by atoms with E-state index in [1.54, 1.807) is 36.4 Å². The Balaban J connectivity index is 1.28. The molecule has 5 heteroatoms. The van der Waals surface area contributed by atoms with Crippen LogP contribution in [0.4, 0.5) is 11.4 Å². The van der Waals surface area contributed by atoms with E-state index in [4.69, 9.17) is 0 Å². The smallest absolute Gasteiger partial charge is 0.255 e. The average Bonchev–Trinajstić information content (AvgIpc) is 3.28. The van der Waals surface area contributed by atoms with Crippen molar-refractivity contribution in [3.05, 3.63) is 72.3 Å². The molecule has 2 atom stereocenters. The molecule has 1 saturated carbocycles. The average molecular weight is 517 g/mol. The molecule has 0 saturated heterocycles. The molecule has 0 radical (unpaired) electrons. The van der Waals surface area contributed by atoms with Gasteiger partial charge in [-0.2, -0.15) is 0 Å². The standard InChI is InChI=1S/C33H44N2O3/c1-2-3-4-5-6-10-15-26-20-25-31(36)30(26)18-13-7-8-14-19-32(37)34-28-21-23-29(24-22-28)35-33(38)27-16-11-9-12-17-27/h9-12,15-17,21-24,26,30H,2-8,13-14,18-20,25H2,1H3,(H,34,37)(H,35,38)/b15-10+/t26-,30+/m0/s1. The topological polar surface area (TPSA) is 75.3 Å². The Morgan fingerprint density at radius 1 is 0.842 bits per heavy atom. The molecule has 1 aliphatic carbocycles. The predicted molar refractivity (Wildman–Crippen MR) is 156 cm³/mol. The molecule has 0 bridgehead atoms. The molecule has 3 rings (SSSR count). The van der Waals surface area contributed by atoms with Crippen LogP contribution in [0.15, 0.2) is 66.7 Å². The Morgan fingerprint density at radius 3 is 2.26 bits per heavy atom. The second kappa shape index (κ2) is 16.6. The van der Waals surface area contributed by atoms with E-state index in [1.807, 2.05) is 18.2 Å². The number of ketones is 1. The monoisotopic (exact) mass is 516 g/mol. The lowest BCUT2D eigenvalue weighted by Gasteiger charge is -2.15. The quantitative estimate of drug-likeness (QED) is 0.174. The molecule has 5 nitrogen and oxygen atoms in total. The fourth-order valence-electron chi connectivity index (χ4n) is 5.16. The summed E-state index contributed by atoms with van der Waals surface area (Å²) in [4.78, 5) is 37.0. The second-order valence-electron chi connectivity index (χ2n) is 10.5. The molecule has 204 valence electrons. The number of unbranched alkanes of at least 4 members (excludes halogenated alkanes) is 7. The third-order valence-electron chi connectivity index (χ3n) is 7.39. The van der Waals surface area contributed by atoms with Gasteiger partial charge in [0.25, 0.3) is 5.91 Å². The normalized spacial score (nSPS) is 17.1. The van der Waals surface area contributed by atoms with Crippen molar-refractivity contribution >= 4 is 29.0 Å². The molecule has 1 aliphatic rings. The highest BCUT2D eigenvalue weighted by atomic mass is 16.2. The first-order valence-corrected chi connectivity index (χ1v) is 14.5. The van der Waals surface area contributed by atoms with Gasteiger partial charge in [0.05, 0.1) is 0 Å². The maximum Gasteiger partial charge on any atom is 0.255 e. The SMILES string of the molecule is CCCCCC/C=C/[C@H]1CCC(=O)[C@@H]1CCCCCCC(=O)Nc1ccc(NC(=O)c2ccccc2)cc1. The largest absolute Gasteiger partial charge is 0.326 e. The van der Waals surface area contributed by atoms with E-state index < -0.39 is 0 Å². The highest BCUT2D eigenvalue weighted by Crippen LogP contribution is 2.34. The van der Waals surface area contributed by atoms with E-state index in [9.17, 15) is 14.4 Å². The van der Waals surface area contributed by atoms with Crippen LogP contribution in [-0.4, -0.2) is 17.6 Å². The number of nitrogens with one attached hydrogen (secondary N) is 2. The van der Waals surface area contributed by atoms with E-state index in [1.165, 1.54) is 25.7 Å². The molecule has 0 heterocycles. The van der Waals surface area contributed by atoms with Gasteiger partial charge in [0.2, 0.25) is 5.91 Å². The van der Waals surface area contributed by atoms with Crippen LogP contribution in [-0.2, 0) is 9.59 Å². The number of carbonyl (C=O) groups excluding carboxylic acids is 3. The highest BCUT2D eigenvalue weighted by Gasteiger charge is 2.32. The second-order valence-corrected chi connectivity index (χ2v) is 10.5. The predicted octanol–water partition coefficient (Wildman–Crippen LogP) is 8.34. The Bertz CT molecular complexity index is 1030. The van der Waals surface area contributed by atoms with Gasteiger partial charge in [-0.3, -0.25) is 14.4 Å². The van der Waals surface area contributed by atoms with Crippen molar-refractivity contribution in [1.82, 2.24) is 0 Å². The van der Waals surface area contributed by atoms with Gasteiger partial charge in [-0.1, -0.05) is 75.8 Å². The summed E-state index contributed by atoms with van der Waals surface area (Å²) in [6.07, 6.45) is 18.0. The zero-order valence-corrected chi connectivity index (χ0v) is 22.9. The van der Waals surface area contributed by atoms with Crippen molar-refractivity contribution in [3.63, 3.8) is 0 Å². The summed E-state index contributed by atoms with van der Waals surface area (Å²) in [6, 6.07) is 16.2. The maximum absolute atomic E-state index is 12.4. The van der Waals surface area contributed by atoms with Gasteiger partial charge in [-0.05, 0) is 74.4 Å². The Labute approximate surface area is 228 Å². The van der Waals surface area contributed by atoms with Gasteiger partial charge in [-0.15, -0.1) is 0 Å². The van der Waals surface area contributed by atoms with Crippen LogP contribution in [0, 0.1) is 11.8 Å². The number of hydrogen-bond donors (Lipinski definition) is 2. The fraction of sp³-hybridized carbons (Fsp3) is 0.485. The first-order chi connectivity index (χ1) is 18.6. The van der Waals surface area contributed by atoms with Crippen molar-refractivity contribution in [3.8, 4) is 0 Å². The summed E-state index contributed by atoms with van der Waals surface area (Å²) in [5, 5.41) is 5.79. The van der Waals surface area contributed by atoms with Crippen LogP contribution >= 0.6 is 0 Å². The lowest BCUT2D eigenvalue weighted by Crippen LogP contribution is -2.13. The van der Waals surface area contributed by atoms with Crippen LogP contribution < -0.4 is 10.6 Å². The van der Waals surface area contributed by atoms with Gasteiger partial charge in [0.15, 0.2) is 0 Å². The van der Waals surface area contributed by atoms with Crippen LogP contribution in [0.1, 0.15) is 101 Å². The van der Waals surface area contributed by atoms with Gasteiger partial charge >= 0.3 is 0 Å². The molecule has 0 aromatic heterocycles. The van der Waals surface area contributed by atoms with Crippen LogP contribution in [0.25, 0.3) is 0 Å². The van der Waals surface area contributed by atoms with Crippen molar-refractivity contribution in [1.29, 1.82) is 0 Å². The first-order valence-electron chi connectivity index (χ1n) is 14.5. The summed E-state index contributed by atoms with van der Waals surface area (Å²) >= 11 is 0. The molecule has 2 aromatic rings. The molecule has 1 fully saturated rings. The van der Waals surface area contributed by atoms with Gasteiger partial charge < -0.3 is 10.6 Å². The zero-order valence-electron chi connectivity index (χ0n) is 22.9. The number of rotatable bonds is 16. The van der Waals surface area contributed by atoms with Crippen molar-refractivity contribution < 1.29 is 14.4 Å². The number of hydrogen-bond acceptors (Lipinski definition) is 3. The number of benzene rings is 2. The number of anilines is 2. The van der Waals surface area contributed by atoms with Gasteiger partial charge in [-0.25, -0.2) is 0 Å². The minimum absolute atomic E-state index is 0.00109. The summed E-state index contributed by atoms with van der Waals surface area (Å²) in [7, 11) is 0. The summed E-state index contributed by atoms with van der Waals surface area (Å²) in [6.45, 7) is 2.23. The summed E-state index contributed by atoms with van der Waals surface area (Å²) in [5.41, 5.74) is 2.00. The Morgan fingerprint density at radius 2 is 1.53 bits per heavy atom. The molecule has 2 amide bonds. The third kappa shape index (κ3) is 10.3. The summed E-state index contributed by atoms with van der Waals surface area (Å²) in [5.74, 6) is 0.907. The number of carbonyl (C=O) groups is 3. The van der Waals surface area contributed by atoms with Crippen LogP contribution in [0.3, 0.4) is 0 Å². The van der Waals surface area contributed by atoms with Crippen molar-refractivity contribution in [2.24, 2.45) is 11.8 Å². The van der Waals surface area contributed by atoms with E-state index >= 15 is 0 Å². The molecular formula is C33H44N2O3. The van der Waals surface area contributed by atoms with Gasteiger partial charge in [0.1, 0.15) is 5.78 Å². The molecule has 38 heavy (non-hydrogen) atoms. The molecule has 0 spiro atoms. The zero-order chi connectivity index (χ0) is 27.0. The number of amides is 2. The minimum Gasteiger partial charge on any atom is -0.326 e. The molecule has 0 unspecified atom stereocenters. The molecule has 2 N–H and O–H groups in total. The van der Waals surface area contributed by atoms with Crippen molar-refractivity contribution in [2.45, 2.75) is 90.4 Å². The Hall–Kier alpha value is -3.21. The highest BCUT2D eigenvalue weighted by molar-refractivity contribution is 6.04. The Kier molecular flexibility index (Phi) is 12.8. The van der Waals surface area contributed by atoms with Crippen molar-refractivity contribution in [2.75, 3.05) is 10.6 Å². The number of Topliss-reactive ketones (excluding diaryl/α,β-unsaturated/α-hetero) is 1. The third-order valence-corrected chi connectivity index (χ3v) is 7.39. The van der Waals surface area contributed by atoms with E-state index in [0.717, 1.165) is 57.1 Å².